The first kappa shape index (κ1) is 26.9. The summed E-state index contributed by atoms with van der Waals surface area (Å²) in [5, 5.41) is 11.9. The Bertz CT molecular complexity index is 1530. The second kappa shape index (κ2) is 9.98. The van der Waals surface area contributed by atoms with Crippen molar-refractivity contribution in [3.05, 3.63) is 70.4 Å². The van der Waals surface area contributed by atoms with Gasteiger partial charge in [0.1, 0.15) is 6.04 Å². The van der Waals surface area contributed by atoms with Gasteiger partial charge in [-0.15, -0.1) is 0 Å². The van der Waals surface area contributed by atoms with Crippen molar-refractivity contribution in [1.82, 2.24) is 10.2 Å². The predicted molar refractivity (Wildman–Crippen MR) is 133 cm³/mol. The van der Waals surface area contributed by atoms with E-state index in [1.54, 1.807) is 13.8 Å². The van der Waals surface area contributed by atoms with Crippen molar-refractivity contribution in [2.24, 2.45) is 0 Å². The molecule has 0 radical (unpaired) electrons. The summed E-state index contributed by atoms with van der Waals surface area (Å²) in [5.41, 5.74) is -0.0868. The molecule has 2 aliphatic rings. The zero-order valence-electron chi connectivity index (χ0n) is 20.7. The summed E-state index contributed by atoms with van der Waals surface area (Å²) in [6, 6.07) is 7.02. The number of alkyl halides is 2. The van der Waals surface area contributed by atoms with Crippen molar-refractivity contribution in [2.45, 2.75) is 50.1 Å². The monoisotopic (exact) mass is 542 g/mol. The van der Waals surface area contributed by atoms with Gasteiger partial charge < -0.3 is 5.32 Å². The summed E-state index contributed by atoms with van der Waals surface area (Å²) in [6.07, 6.45) is -1.84. The molecule has 38 heavy (non-hydrogen) atoms. The summed E-state index contributed by atoms with van der Waals surface area (Å²) >= 11 is 0. The standard InChI is InChI=1S/C26H24F2N4O5S/c1-14(2)30-25(34)32-23(18-8-7-15(13-29)11-21(18)38(3,36)37)22-19(9-10-20(22)33)31(26(32)35)17-6-4-5-16(12-17)24(27)28/h4-8,11-12,14,23-24H,9-10H2,1-3H3,(H,30,34). The highest BCUT2D eigenvalue weighted by Crippen LogP contribution is 2.46. The molecule has 1 aliphatic heterocycles. The Hall–Kier alpha value is -4.11. The summed E-state index contributed by atoms with van der Waals surface area (Å²) in [4.78, 5) is 42.2. The molecule has 198 valence electrons. The van der Waals surface area contributed by atoms with E-state index in [1.165, 1.54) is 30.3 Å². The number of benzene rings is 2. The highest BCUT2D eigenvalue weighted by molar-refractivity contribution is 7.90. The van der Waals surface area contributed by atoms with E-state index in [-0.39, 0.29) is 51.4 Å². The quantitative estimate of drug-likeness (QED) is 0.587. The maximum atomic E-state index is 14.0. The van der Waals surface area contributed by atoms with Gasteiger partial charge in [0.15, 0.2) is 15.6 Å². The van der Waals surface area contributed by atoms with E-state index in [0.29, 0.717) is 0 Å². The molecule has 0 fully saturated rings. The van der Waals surface area contributed by atoms with Gasteiger partial charge in [-0.25, -0.2) is 31.7 Å². The van der Waals surface area contributed by atoms with Crippen LogP contribution < -0.4 is 10.2 Å². The average Bonchev–Trinajstić information content (AvgIpc) is 3.22. The fourth-order valence-corrected chi connectivity index (χ4v) is 5.65. The number of imide groups is 1. The first-order valence-corrected chi connectivity index (χ1v) is 13.6. The number of nitrogens with zero attached hydrogens (tertiary/aromatic N) is 3. The van der Waals surface area contributed by atoms with Gasteiger partial charge in [-0.2, -0.15) is 5.26 Å². The molecule has 0 aromatic heterocycles. The second-order valence-corrected chi connectivity index (χ2v) is 11.3. The van der Waals surface area contributed by atoms with Crippen LogP contribution in [0.25, 0.3) is 0 Å². The van der Waals surface area contributed by atoms with E-state index >= 15 is 0 Å². The molecule has 1 aliphatic carbocycles. The molecular formula is C26H24F2N4O5S. The number of amides is 4. The van der Waals surface area contributed by atoms with Crippen LogP contribution >= 0.6 is 0 Å². The SMILES string of the molecule is CC(C)NC(=O)N1C(=O)N(c2cccc(C(F)F)c2)C2=C(C(=O)CC2)C1c1ccc(C#N)cc1S(C)(=O)=O. The van der Waals surface area contributed by atoms with Crippen LogP contribution in [-0.2, 0) is 14.6 Å². The predicted octanol–water partition coefficient (Wildman–Crippen LogP) is 4.62. The smallest absolute Gasteiger partial charge is 0.335 e. The lowest BCUT2D eigenvalue weighted by atomic mass is 9.92. The van der Waals surface area contributed by atoms with Gasteiger partial charge in [-0.3, -0.25) is 9.69 Å². The van der Waals surface area contributed by atoms with Crippen molar-refractivity contribution in [2.75, 3.05) is 11.2 Å². The summed E-state index contributed by atoms with van der Waals surface area (Å²) < 4.78 is 52.5. The number of allylic oxidation sites excluding steroid dienone is 1. The maximum absolute atomic E-state index is 14.0. The van der Waals surface area contributed by atoms with Crippen molar-refractivity contribution in [3.63, 3.8) is 0 Å². The summed E-state index contributed by atoms with van der Waals surface area (Å²) in [5.74, 6) is -0.418. The Labute approximate surface area is 218 Å². The van der Waals surface area contributed by atoms with Gasteiger partial charge >= 0.3 is 12.1 Å². The number of hydrogen-bond donors (Lipinski definition) is 1. The molecule has 0 bridgehead atoms. The molecule has 12 heteroatoms. The van der Waals surface area contributed by atoms with Gasteiger partial charge in [0, 0.05) is 35.6 Å². The molecule has 1 atom stereocenters. The van der Waals surface area contributed by atoms with Crippen LogP contribution in [0.15, 0.2) is 58.6 Å². The molecule has 1 N–H and O–H groups in total. The molecule has 0 saturated heterocycles. The lowest BCUT2D eigenvalue weighted by molar-refractivity contribution is -0.115. The van der Waals surface area contributed by atoms with Gasteiger partial charge in [0.05, 0.1) is 22.2 Å². The topological polar surface area (TPSA) is 128 Å². The summed E-state index contributed by atoms with van der Waals surface area (Å²) in [6.45, 7) is 3.31. The zero-order valence-corrected chi connectivity index (χ0v) is 21.6. The number of nitrogens with one attached hydrogen (secondary N) is 1. The van der Waals surface area contributed by atoms with E-state index in [0.717, 1.165) is 28.2 Å². The maximum Gasteiger partial charge on any atom is 0.337 e. The van der Waals surface area contributed by atoms with E-state index in [9.17, 15) is 36.8 Å². The van der Waals surface area contributed by atoms with Crippen LogP contribution in [0.5, 0.6) is 0 Å². The fraction of sp³-hybridized carbons (Fsp3) is 0.308. The Morgan fingerprint density at radius 3 is 2.45 bits per heavy atom. The minimum Gasteiger partial charge on any atom is -0.335 e. The zero-order chi connectivity index (χ0) is 27.9. The van der Waals surface area contributed by atoms with E-state index in [1.807, 2.05) is 6.07 Å². The van der Waals surface area contributed by atoms with Crippen molar-refractivity contribution in [1.29, 1.82) is 5.26 Å². The number of carbonyl (C=O) groups excluding carboxylic acids is 3. The molecule has 2 aromatic rings. The molecular weight excluding hydrogens is 518 g/mol. The van der Waals surface area contributed by atoms with E-state index < -0.39 is 46.2 Å². The molecule has 0 spiro atoms. The Kier molecular flexibility index (Phi) is 7.08. The van der Waals surface area contributed by atoms with E-state index in [2.05, 4.69) is 5.32 Å². The molecule has 9 nitrogen and oxygen atoms in total. The molecule has 1 heterocycles. The molecule has 4 rings (SSSR count). The van der Waals surface area contributed by atoms with Gasteiger partial charge in [-0.1, -0.05) is 18.2 Å². The third-order valence-corrected chi connectivity index (χ3v) is 7.40. The molecule has 4 amide bonds. The number of ketones is 1. The number of urea groups is 2. The number of rotatable bonds is 5. The van der Waals surface area contributed by atoms with Gasteiger partial charge in [-0.05, 0) is 50.1 Å². The van der Waals surface area contributed by atoms with Gasteiger partial charge in [0.25, 0.3) is 6.43 Å². The Balaban J connectivity index is 2.03. The normalized spacial score (nSPS) is 17.8. The number of Topliss-reactive ketones (excluding diaryl/α,β-unsaturated/α-hetero) is 1. The number of nitriles is 1. The van der Waals surface area contributed by atoms with Gasteiger partial charge in [0.2, 0.25) is 0 Å². The first-order chi connectivity index (χ1) is 17.8. The lowest BCUT2D eigenvalue weighted by Gasteiger charge is -2.41. The van der Waals surface area contributed by atoms with Crippen LogP contribution in [0.1, 0.15) is 55.8 Å². The molecule has 2 aromatic carbocycles. The van der Waals surface area contributed by atoms with Crippen LogP contribution in [0.4, 0.5) is 24.1 Å². The number of hydrogen-bond acceptors (Lipinski definition) is 6. The van der Waals surface area contributed by atoms with Crippen LogP contribution in [0.2, 0.25) is 0 Å². The third kappa shape index (κ3) is 4.77. The number of carbonyl (C=O) groups is 3. The van der Waals surface area contributed by atoms with Crippen molar-refractivity contribution in [3.8, 4) is 6.07 Å². The van der Waals surface area contributed by atoms with Crippen LogP contribution in [0.3, 0.4) is 0 Å². The fourth-order valence-electron chi connectivity index (χ4n) is 4.70. The Morgan fingerprint density at radius 1 is 1.13 bits per heavy atom. The third-order valence-electron chi connectivity index (χ3n) is 6.25. The van der Waals surface area contributed by atoms with Crippen LogP contribution in [-0.4, -0.2) is 43.5 Å². The largest absolute Gasteiger partial charge is 0.337 e. The number of anilines is 1. The minimum atomic E-state index is -3.98. The molecule has 1 unspecified atom stereocenters. The second-order valence-electron chi connectivity index (χ2n) is 9.31. The van der Waals surface area contributed by atoms with Crippen molar-refractivity contribution < 1.29 is 31.6 Å². The number of halogens is 2. The minimum absolute atomic E-state index is 0.0144. The number of sulfone groups is 1. The first-order valence-electron chi connectivity index (χ1n) is 11.7. The van der Waals surface area contributed by atoms with Crippen molar-refractivity contribution >= 4 is 33.4 Å². The highest BCUT2D eigenvalue weighted by atomic mass is 32.2. The van der Waals surface area contributed by atoms with E-state index in [4.69, 9.17) is 0 Å². The molecule has 0 saturated carbocycles. The van der Waals surface area contributed by atoms with Crippen LogP contribution in [0, 0.1) is 11.3 Å². The summed E-state index contributed by atoms with van der Waals surface area (Å²) in [7, 11) is -3.98. The Morgan fingerprint density at radius 2 is 1.84 bits per heavy atom. The average molecular weight is 543 g/mol. The highest BCUT2D eigenvalue weighted by Gasteiger charge is 2.49. The lowest BCUT2D eigenvalue weighted by Crippen LogP contribution is -2.56.